The molecule has 0 N–H and O–H groups in total. The van der Waals surface area contributed by atoms with Crippen molar-refractivity contribution in [3.8, 4) is 5.75 Å². The molecule has 1 aromatic rings. The summed E-state index contributed by atoms with van der Waals surface area (Å²) in [5, 5.41) is 0. The van der Waals surface area contributed by atoms with Crippen LogP contribution in [0.4, 0.5) is 0 Å². The number of ether oxygens (including phenoxy) is 1. The molecular formula is C6H5Br2NO. The molecule has 4 heteroatoms. The molecule has 0 atom stereocenters. The molecule has 0 amide bonds. The van der Waals surface area contributed by atoms with Crippen LogP contribution >= 0.6 is 31.9 Å². The molecular weight excluding hydrogens is 262 g/mol. The highest BCUT2D eigenvalue weighted by molar-refractivity contribution is 9.11. The van der Waals surface area contributed by atoms with E-state index in [1.54, 1.807) is 13.3 Å². The van der Waals surface area contributed by atoms with Crippen molar-refractivity contribution in [1.82, 2.24) is 4.98 Å². The van der Waals surface area contributed by atoms with Crippen LogP contribution in [0.5, 0.6) is 5.75 Å². The molecule has 1 aromatic heterocycles. The molecule has 0 aliphatic carbocycles. The van der Waals surface area contributed by atoms with Crippen LogP contribution in [0.25, 0.3) is 0 Å². The minimum atomic E-state index is 0.712. The lowest BCUT2D eigenvalue weighted by Gasteiger charge is -2.02. The third-order valence-corrected chi connectivity index (χ3v) is 2.21. The lowest BCUT2D eigenvalue weighted by molar-refractivity contribution is 0.407. The topological polar surface area (TPSA) is 22.1 Å². The SMILES string of the molecule is COc1c(Br)ccnc1Br. The zero-order chi connectivity index (χ0) is 7.56. The molecule has 0 spiro atoms. The van der Waals surface area contributed by atoms with Crippen LogP contribution in [0.1, 0.15) is 0 Å². The molecule has 0 unspecified atom stereocenters. The van der Waals surface area contributed by atoms with E-state index in [9.17, 15) is 0 Å². The fourth-order valence-corrected chi connectivity index (χ4v) is 1.81. The Morgan fingerprint density at radius 3 is 2.60 bits per heavy atom. The summed E-state index contributed by atoms with van der Waals surface area (Å²) >= 11 is 6.55. The summed E-state index contributed by atoms with van der Waals surface area (Å²) in [7, 11) is 1.60. The predicted molar refractivity (Wildman–Crippen MR) is 46.2 cm³/mol. The summed E-state index contributed by atoms with van der Waals surface area (Å²) in [6.07, 6.45) is 1.69. The van der Waals surface area contributed by atoms with Crippen LogP contribution in [0.2, 0.25) is 0 Å². The minimum Gasteiger partial charge on any atom is -0.493 e. The molecule has 0 saturated heterocycles. The van der Waals surface area contributed by atoms with E-state index in [4.69, 9.17) is 4.74 Å². The third kappa shape index (κ3) is 1.49. The monoisotopic (exact) mass is 265 g/mol. The van der Waals surface area contributed by atoms with Gasteiger partial charge in [-0.25, -0.2) is 4.98 Å². The van der Waals surface area contributed by atoms with Crippen LogP contribution in [-0.2, 0) is 0 Å². The summed E-state index contributed by atoms with van der Waals surface area (Å²) in [6, 6.07) is 1.82. The van der Waals surface area contributed by atoms with E-state index in [2.05, 4.69) is 36.8 Å². The molecule has 0 radical (unpaired) electrons. The second-order valence-electron chi connectivity index (χ2n) is 1.62. The maximum absolute atomic E-state index is 5.02. The molecule has 0 fully saturated rings. The van der Waals surface area contributed by atoms with Crippen molar-refractivity contribution in [2.75, 3.05) is 7.11 Å². The highest BCUT2D eigenvalue weighted by atomic mass is 79.9. The predicted octanol–water partition coefficient (Wildman–Crippen LogP) is 2.62. The first-order chi connectivity index (χ1) is 4.75. The van der Waals surface area contributed by atoms with Gasteiger partial charge in [0, 0.05) is 6.20 Å². The number of nitrogens with zero attached hydrogens (tertiary/aromatic N) is 1. The average molecular weight is 267 g/mol. The number of hydrogen-bond donors (Lipinski definition) is 0. The highest BCUT2D eigenvalue weighted by Gasteiger charge is 2.03. The van der Waals surface area contributed by atoms with Gasteiger partial charge in [0.1, 0.15) is 4.60 Å². The Balaban J connectivity index is 3.17. The van der Waals surface area contributed by atoms with E-state index in [-0.39, 0.29) is 0 Å². The third-order valence-electron chi connectivity index (χ3n) is 1.02. The quantitative estimate of drug-likeness (QED) is 0.729. The molecule has 1 heterocycles. The Morgan fingerprint density at radius 2 is 2.20 bits per heavy atom. The van der Waals surface area contributed by atoms with Gasteiger partial charge in [0.15, 0.2) is 5.75 Å². The number of methoxy groups -OCH3 is 1. The van der Waals surface area contributed by atoms with E-state index in [1.165, 1.54) is 0 Å². The van der Waals surface area contributed by atoms with E-state index in [0.717, 1.165) is 10.2 Å². The van der Waals surface area contributed by atoms with Crippen molar-refractivity contribution in [2.24, 2.45) is 0 Å². The maximum atomic E-state index is 5.02. The van der Waals surface area contributed by atoms with Gasteiger partial charge in [-0.15, -0.1) is 0 Å². The molecule has 10 heavy (non-hydrogen) atoms. The summed E-state index contributed by atoms with van der Waals surface area (Å²) in [5.74, 6) is 0.725. The molecule has 2 nitrogen and oxygen atoms in total. The first-order valence-corrected chi connectivity index (χ1v) is 4.18. The Hall–Kier alpha value is -0.0900. The van der Waals surface area contributed by atoms with E-state index in [1.807, 2.05) is 6.07 Å². The van der Waals surface area contributed by atoms with Gasteiger partial charge in [0.2, 0.25) is 0 Å². The largest absolute Gasteiger partial charge is 0.493 e. The standard InChI is InChI=1S/C6H5Br2NO/c1-10-5-4(7)2-3-9-6(5)8/h2-3H,1H3. The Kier molecular flexibility index (Phi) is 2.68. The maximum Gasteiger partial charge on any atom is 0.165 e. The van der Waals surface area contributed by atoms with Crippen molar-refractivity contribution in [3.63, 3.8) is 0 Å². The summed E-state index contributed by atoms with van der Waals surface area (Å²) in [4.78, 5) is 3.97. The van der Waals surface area contributed by atoms with Crippen LogP contribution in [-0.4, -0.2) is 12.1 Å². The lowest BCUT2D eigenvalue weighted by atomic mass is 10.5. The van der Waals surface area contributed by atoms with E-state index < -0.39 is 0 Å². The number of rotatable bonds is 1. The van der Waals surface area contributed by atoms with Crippen molar-refractivity contribution in [1.29, 1.82) is 0 Å². The average Bonchev–Trinajstić information content (AvgIpc) is 1.88. The zero-order valence-corrected chi connectivity index (χ0v) is 8.44. The van der Waals surface area contributed by atoms with Crippen molar-refractivity contribution < 1.29 is 4.74 Å². The van der Waals surface area contributed by atoms with Crippen molar-refractivity contribution in [2.45, 2.75) is 0 Å². The van der Waals surface area contributed by atoms with Crippen LogP contribution in [0.3, 0.4) is 0 Å². The van der Waals surface area contributed by atoms with Gasteiger partial charge in [-0.05, 0) is 37.9 Å². The number of aromatic nitrogens is 1. The van der Waals surface area contributed by atoms with E-state index in [0.29, 0.717) is 4.60 Å². The molecule has 0 bridgehead atoms. The zero-order valence-electron chi connectivity index (χ0n) is 5.27. The second kappa shape index (κ2) is 3.34. The number of pyridine rings is 1. The molecule has 1 rings (SSSR count). The van der Waals surface area contributed by atoms with Gasteiger partial charge in [-0.2, -0.15) is 0 Å². The molecule has 54 valence electrons. The fourth-order valence-electron chi connectivity index (χ4n) is 0.583. The Morgan fingerprint density at radius 1 is 1.50 bits per heavy atom. The summed E-state index contributed by atoms with van der Waals surface area (Å²) < 4.78 is 6.63. The minimum absolute atomic E-state index is 0.712. The van der Waals surface area contributed by atoms with Gasteiger partial charge < -0.3 is 4.74 Å². The van der Waals surface area contributed by atoms with Crippen LogP contribution < -0.4 is 4.74 Å². The molecule has 0 saturated carbocycles. The smallest absolute Gasteiger partial charge is 0.165 e. The van der Waals surface area contributed by atoms with Crippen molar-refractivity contribution >= 4 is 31.9 Å². The van der Waals surface area contributed by atoms with E-state index >= 15 is 0 Å². The Bertz CT molecular complexity index is 219. The molecule has 0 aliphatic rings. The first-order valence-electron chi connectivity index (χ1n) is 2.59. The van der Waals surface area contributed by atoms with Gasteiger partial charge >= 0.3 is 0 Å². The summed E-state index contributed by atoms with van der Waals surface area (Å²) in [6.45, 7) is 0. The number of halogens is 2. The van der Waals surface area contributed by atoms with Crippen LogP contribution in [0.15, 0.2) is 21.3 Å². The van der Waals surface area contributed by atoms with Crippen molar-refractivity contribution in [3.05, 3.63) is 21.3 Å². The highest BCUT2D eigenvalue weighted by Crippen LogP contribution is 2.30. The molecule has 0 aliphatic heterocycles. The fraction of sp³-hybridized carbons (Fsp3) is 0.167. The van der Waals surface area contributed by atoms with Gasteiger partial charge in [0.25, 0.3) is 0 Å². The van der Waals surface area contributed by atoms with Gasteiger partial charge in [0.05, 0.1) is 11.6 Å². The van der Waals surface area contributed by atoms with Crippen LogP contribution in [0, 0.1) is 0 Å². The summed E-state index contributed by atoms with van der Waals surface area (Å²) in [5.41, 5.74) is 0. The van der Waals surface area contributed by atoms with Gasteiger partial charge in [-0.3, -0.25) is 0 Å². The second-order valence-corrected chi connectivity index (χ2v) is 3.22. The first kappa shape index (κ1) is 8.01. The number of hydrogen-bond acceptors (Lipinski definition) is 2. The lowest BCUT2D eigenvalue weighted by Crippen LogP contribution is -1.87. The van der Waals surface area contributed by atoms with Gasteiger partial charge in [-0.1, -0.05) is 0 Å². The Labute approximate surface area is 75.9 Å². The normalized spacial score (nSPS) is 9.50. The molecule has 0 aromatic carbocycles.